The molecular weight excluding hydrogens is 331 g/mol. The topological polar surface area (TPSA) is 41.6 Å². The van der Waals surface area contributed by atoms with Crippen molar-refractivity contribution in [2.45, 2.75) is 12.5 Å². The number of hydrogen-bond acceptors (Lipinski definition) is 3. The molecule has 0 radical (unpaired) electrons. The van der Waals surface area contributed by atoms with Gasteiger partial charge in [-0.25, -0.2) is 4.39 Å². The number of halogens is 1. The minimum Gasteiger partial charge on any atom is -0.457 e. The predicted octanol–water partition coefficient (Wildman–Crippen LogP) is 4.60. The third-order valence-electron chi connectivity index (χ3n) is 4.26. The van der Waals surface area contributed by atoms with Gasteiger partial charge in [0.25, 0.3) is 0 Å². The van der Waals surface area contributed by atoms with E-state index in [2.05, 4.69) is 5.43 Å². The highest BCUT2D eigenvalue weighted by molar-refractivity contribution is 5.83. The van der Waals surface area contributed by atoms with E-state index in [0.717, 1.165) is 17.0 Å². The summed E-state index contributed by atoms with van der Waals surface area (Å²) in [6.45, 7) is 0. The van der Waals surface area contributed by atoms with E-state index in [4.69, 9.17) is 4.74 Å². The predicted molar refractivity (Wildman–Crippen MR) is 97.3 cm³/mol. The molecule has 1 saturated heterocycles. The van der Waals surface area contributed by atoms with Crippen molar-refractivity contribution >= 4 is 11.6 Å². The molecule has 0 spiro atoms. The molecule has 1 aliphatic rings. The number of carbonyl (C=O) groups excluding carboxylic acids is 1. The van der Waals surface area contributed by atoms with Gasteiger partial charge < -0.3 is 4.74 Å². The van der Waals surface area contributed by atoms with E-state index in [1.165, 1.54) is 12.1 Å². The van der Waals surface area contributed by atoms with E-state index in [1.54, 1.807) is 17.1 Å². The second kappa shape index (κ2) is 6.88. The van der Waals surface area contributed by atoms with E-state index in [0.29, 0.717) is 12.2 Å². The first-order chi connectivity index (χ1) is 12.7. The highest BCUT2D eigenvalue weighted by Gasteiger charge is 2.32. The van der Waals surface area contributed by atoms with Crippen LogP contribution in [0.15, 0.2) is 78.9 Å². The van der Waals surface area contributed by atoms with Crippen LogP contribution in [-0.4, -0.2) is 5.91 Å². The van der Waals surface area contributed by atoms with Crippen molar-refractivity contribution < 1.29 is 13.9 Å². The molecule has 3 aromatic carbocycles. The van der Waals surface area contributed by atoms with Gasteiger partial charge in [0.2, 0.25) is 5.91 Å². The average molecular weight is 348 g/mol. The smallest absolute Gasteiger partial charge is 0.241 e. The SMILES string of the molecule is O=C1CC(c2cccc(Oc3ccccc3)c2)N(c2ccc(F)cc2)N1. The van der Waals surface area contributed by atoms with Crippen molar-refractivity contribution in [2.75, 3.05) is 5.01 Å². The Kier molecular flexibility index (Phi) is 4.27. The Morgan fingerprint density at radius 1 is 0.923 bits per heavy atom. The molecule has 26 heavy (non-hydrogen) atoms. The van der Waals surface area contributed by atoms with Gasteiger partial charge in [0.05, 0.1) is 18.2 Å². The van der Waals surface area contributed by atoms with Crippen molar-refractivity contribution in [3.63, 3.8) is 0 Å². The summed E-state index contributed by atoms with van der Waals surface area (Å²) in [6.07, 6.45) is 0.326. The maximum absolute atomic E-state index is 13.2. The van der Waals surface area contributed by atoms with E-state index in [1.807, 2.05) is 54.6 Å². The van der Waals surface area contributed by atoms with Crippen LogP contribution in [0.5, 0.6) is 11.5 Å². The minimum absolute atomic E-state index is 0.0753. The third kappa shape index (κ3) is 3.37. The molecule has 3 aromatic rings. The molecule has 1 N–H and O–H groups in total. The van der Waals surface area contributed by atoms with Crippen molar-refractivity contribution in [1.82, 2.24) is 5.43 Å². The lowest BCUT2D eigenvalue weighted by Gasteiger charge is -2.26. The fourth-order valence-electron chi connectivity index (χ4n) is 3.05. The standard InChI is InChI=1S/C21H17FN2O2/c22-16-9-11-17(12-10-16)24-20(14-21(25)23-24)15-5-4-8-19(13-15)26-18-6-2-1-3-7-18/h1-13,20H,14H2,(H,23,25). The Morgan fingerprint density at radius 3 is 2.42 bits per heavy atom. The number of amides is 1. The molecule has 130 valence electrons. The first-order valence-corrected chi connectivity index (χ1v) is 8.36. The first kappa shape index (κ1) is 16.1. The molecular formula is C21H17FN2O2. The molecule has 1 unspecified atom stereocenters. The van der Waals surface area contributed by atoms with Gasteiger partial charge in [-0.3, -0.25) is 15.2 Å². The Labute approximate surface area is 150 Å². The molecule has 1 fully saturated rings. The van der Waals surface area contributed by atoms with Gasteiger partial charge in [0.15, 0.2) is 0 Å². The Bertz CT molecular complexity index is 913. The lowest BCUT2D eigenvalue weighted by Crippen LogP contribution is -2.34. The Hall–Kier alpha value is -3.34. The number of carbonyl (C=O) groups is 1. The van der Waals surface area contributed by atoms with Crippen molar-refractivity contribution in [2.24, 2.45) is 0 Å². The van der Waals surface area contributed by atoms with Crippen molar-refractivity contribution in [3.8, 4) is 11.5 Å². The van der Waals surface area contributed by atoms with E-state index < -0.39 is 0 Å². The molecule has 1 atom stereocenters. The van der Waals surface area contributed by atoms with Crippen LogP contribution < -0.4 is 15.2 Å². The number of hydrazine groups is 1. The summed E-state index contributed by atoms with van der Waals surface area (Å²) in [5.41, 5.74) is 4.52. The van der Waals surface area contributed by atoms with Gasteiger partial charge in [-0.1, -0.05) is 30.3 Å². The average Bonchev–Trinajstić information content (AvgIpc) is 3.05. The number of ether oxygens (including phenoxy) is 1. The molecule has 0 aromatic heterocycles. The number of benzene rings is 3. The van der Waals surface area contributed by atoms with Crippen LogP contribution in [-0.2, 0) is 4.79 Å². The Balaban J connectivity index is 1.62. The van der Waals surface area contributed by atoms with Gasteiger partial charge >= 0.3 is 0 Å². The van der Waals surface area contributed by atoms with Crippen LogP contribution in [0.3, 0.4) is 0 Å². The molecule has 5 heteroatoms. The van der Waals surface area contributed by atoms with Gasteiger partial charge in [0.1, 0.15) is 17.3 Å². The quantitative estimate of drug-likeness (QED) is 0.749. The second-order valence-electron chi connectivity index (χ2n) is 6.09. The lowest BCUT2D eigenvalue weighted by atomic mass is 10.0. The zero-order valence-corrected chi connectivity index (χ0v) is 13.9. The monoisotopic (exact) mass is 348 g/mol. The van der Waals surface area contributed by atoms with Crippen LogP contribution in [0.1, 0.15) is 18.0 Å². The van der Waals surface area contributed by atoms with Crippen molar-refractivity contribution in [3.05, 3.63) is 90.2 Å². The zero-order valence-electron chi connectivity index (χ0n) is 13.9. The number of nitrogens with one attached hydrogen (secondary N) is 1. The summed E-state index contributed by atoms with van der Waals surface area (Å²) in [7, 11) is 0. The molecule has 1 heterocycles. The molecule has 0 saturated carbocycles. The zero-order chi connectivity index (χ0) is 17.9. The molecule has 4 nitrogen and oxygen atoms in total. The van der Waals surface area contributed by atoms with Crippen molar-refractivity contribution in [1.29, 1.82) is 0 Å². The highest BCUT2D eigenvalue weighted by atomic mass is 19.1. The normalized spacial score (nSPS) is 16.4. The van der Waals surface area contributed by atoms with Gasteiger partial charge in [-0.05, 0) is 54.1 Å². The van der Waals surface area contributed by atoms with Crippen LogP contribution >= 0.6 is 0 Å². The van der Waals surface area contributed by atoms with Crippen LogP contribution in [0.25, 0.3) is 0 Å². The van der Waals surface area contributed by atoms with Gasteiger partial charge in [0, 0.05) is 0 Å². The largest absolute Gasteiger partial charge is 0.457 e. The summed E-state index contributed by atoms with van der Waals surface area (Å²) in [6, 6.07) is 23.1. The van der Waals surface area contributed by atoms with Crippen LogP contribution in [0, 0.1) is 5.82 Å². The third-order valence-corrected chi connectivity index (χ3v) is 4.26. The maximum Gasteiger partial charge on any atom is 0.241 e. The van der Waals surface area contributed by atoms with E-state index >= 15 is 0 Å². The maximum atomic E-state index is 13.2. The number of rotatable bonds is 4. The summed E-state index contributed by atoms with van der Waals surface area (Å²) in [5.74, 6) is 1.07. The molecule has 4 rings (SSSR count). The Morgan fingerprint density at radius 2 is 1.65 bits per heavy atom. The highest BCUT2D eigenvalue weighted by Crippen LogP contribution is 2.34. The second-order valence-corrected chi connectivity index (χ2v) is 6.09. The summed E-state index contributed by atoms with van der Waals surface area (Å²) in [4.78, 5) is 12.0. The molecule has 1 aliphatic heterocycles. The number of hydrogen-bond donors (Lipinski definition) is 1. The first-order valence-electron chi connectivity index (χ1n) is 8.36. The fraction of sp³-hybridized carbons (Fsp3) is 0.0952. The van der Waals surface area contributed by atoms with E-state index in [9.17, 15) is 9.18 Å². The van der Waals surface area contributed by atoms with Gasteiger partial charge in [-0.15, -0.1) is 0 Å². The molecule has 0 aliphatic carbocycles. The number of para-hydroxylation sites is 1. The number of nitrogens with zero attached hydrogens (tertiary/aromatic N) is 1. The lowest BCUT2D eigenvalue weighted by molar-refractivity contribution is -0.119. The summed E-state index contributed by atoms with van der Waals surface area (Å²) < 4.78 is 19.1. The summed E-state index contributed by atoms with van der Waals surface area (Å²) >= 11 is 0. The minimum atomic E-state index is -0.311. The summed E-state index contributed by atoms with van der Waals surface area (Å²) in [5, 5.41) is 1.77. The fourth-order valence-corrected chi connectivity index (χ4v) is 3.05. The molecule has 1 amide bonds. The van der Waals surface area contributed by atoms with Crippen LogP contribution in [0.2, 0.25) is 0 Å². The van der Waals surface area contributed by atoms with E-state index in [-0.39, 0.29) is 17.8 Å². The molecule has 0 bridgehead atoms. The van der Waals surface area contributed by atoms with Crippen LogP contribution in [0.4, 0.5) is 10.1 Å². The number of anilines is 1. The van der Waals surface area contributed by atoms with Gasteiger partial charge in [-0.2, -0.15) is 0 Å².